The number of hydrogen-bond acceptors (Lipinski definition) is 4. The van der Waals surface area contributed by atoms with Crippen LogP contribution in [0.4, 0.5) is 11.4 Å². The molecule has 2 aromatic carbocycles. The second-order valence-corrected chi connectivity index (χ2v) is 8.48. The van der Waals surface area contributed by atoms with E-state index >= 15 is 0 Å². The number of benzene rings is 2. The Bertz CT molecular complexity index is 937. The van der Waals surface area contributed by atoms with Crippen LogP contribution in [0.2, 0.25) is 0 Å². The molecule has 33 heavy (non-hydrogen) atoms. The van der Waals surface area contributed by atoms with E-state index in [4.69, 9.17) is 0 Å². The molecule has 1 aliphatic carbocycles. The first kappa shape index (κ1) is 24.3. The van der Waals surface area contributed by atoms with Gasteiger partial charge in [-0.3, -0.25) is 14.4 Å². The van der Waals surface area contributed by atoms with Gasteiger partial charge in [-0.2, -0.15) is 0 Å². The lowest BCUT2D eigenvalue weighted by Gasteiger charge is -2.22. The van der Waals surface area contributed by atoms with E-state index in [1.807, 2.05) is 0 Å². The highest BCUT2D eigenvalue weighted by Gasteiger charge is 2.17. The zero-order valence-corrected chi connectivity index (χ0v) is 19.3. The summed E-state index contributed by atoms with van der Waals surface area (Å²) < 4.78 is 0. The summed E-state index contributed by atoms with van der Waals surface area (Å²) in [5.74, 6) is -0.420. The average molecular weight is 451 g/mol. The minimum absolute atomic E-state index is 0.0700. The van der Waals surface area contributed by atoms with Crippen molar-refractivity contribution in [1.82, 2.24) is 10.6 Å². The van der Waals surface area contributed by atoms with Crippen molar-refractivity contribution in [2.45, 2.75) is 57.9 Å². The molecular weight excluding hydrogens is 416 g/mol. The van der Waals surface area contributed by atoms with Gasteiger partial charge in [0.1, 0.15) is 0 Å². The Balaban J connectivity index is 1.46. The summed E-state index contributed by atoms with van der Waals surface area (Å²) in [4.78, 5) is 37.0. The summed E-state index contributed by atoms with van der Waals surface area (Å²) in [5.41, 5.74) is 2.46. The molecule has 0 aromatic heterocycles. The minimum Gasteiger partial charge on any atom is -0.376 e. The number of unbranched alkanes of at least 4 members (excludes halogenated alkanes) is 1. The molecule has 4 N–H and O–H groups in total. The molecule has 1 fully saturated rings. The second kappa shape index (κ2) is 12.6. The third kappa shape index (κ3) is 7.93. The number of carbonyl (C=O) groups excluding carboxylic acids is 3. The van der Waals surface area contributed by atoms with E-state index in [1.165, 1.54) is 6.42 Å². The Hall–Kier alpha value is -3.35. The van der Waals surface area contributed by atoms with Gasteiger partial charge in [0.25, 0.3) is 11.8 Å². The van der Waals surface area contributed by atoms with Crippen LogP contribution in [0.1, 0.15) is 72.6 Å². The van der Waals surface area contributed by atoms with Crippen molar-refractivity contribution in [3.8, 4) is 0 Å². The SMILES string of the molecule is CCCCNC(=O)c1ccc(NCC(=O)Nc2cccc(C(=O)NC3CCCCC3)c2)cc1. The predicted octanol–water partition coefficient (Wildman–Crippen LogP) is 4.33. The summed E-state index contributed by atoms with van der Waals surface area (Å²) in [6, 6.07) is 14.2. The quantitative estimate of drug-likeness (QED) is 0.405. The van der Waals surface area contributed by atoms with Crippen molar-refractivity contribution < 1.29 is 14.4 Å². The van der Waals surface area contributed by atoms with E-state index in [1.54, 1.807) is 48.5 Å². The molecule has 1 aliphatic rings. The first-order chi connectivity index (χ1) is 16.0. The maximum atomic E-state index is 12.5. The molecule has 0 aliphatic heterocycles. The minimum atomic E-state index is -0.221. The summed E-state index contributed by atoms with van der Waals surface area (Å²) in [6.07, 6.45) is 7.58. The van der Waals surface area contributed by atoms with E-state index in [2.05, 4.69) is 28.2 Å². The van der Waals surface area contributed by atoms with Crippen LogP contribution in [-0.2, 0) is 4.79 Å². The third-order valence-corrected chi connectivity index (χ3v) is 5.76. The lowest BCUT2D eigenvalue weighted by molar-refractivity contribution is -0.114. The van der Waals surface area contributed by atoms with Gasteiger partial charge in [-0.05, 0) is 61.7 Å². The Morgan fingerprint density at radius 1 is 0.879 bits per heavy atom. The van der Waals surface area contributed by atoms with Crippen LogP contribution in [0.25, 0.3) is 0 Å². The van der Waals surface area contributed by atoms with E-state index in [0.29, 0.717) is 23.4 Å². The zero-order chi connectivity index (χ0) is 23.5. The van der Waals surface area contributed by atoms with Gasteiger partial charge in [0.05, 0.1) is 6.54 Å². The van der Waals surface area contributed by atoms with E-state index < -0.39 is 0 Å². The fraction of sp³-hybridized carbons (Fsp3) is 0.423. The molecule has 2 aromatic rings. The van der Waals surface area contributed by atoms with Crippen LogP contribution in [0.3, 0.4) is 0 Å². The number of anilines is 2. The molecule has 176 valence electrons. The molecule has 0 radical (unpaired) electrons. The van der Waals surface area contributed by atoms with Crippen LogP contribution in [-0.4, -0.2) is 36.9 Å². The van der Waals surface area contributed by atoms with Gasteiger partial charge >= 0.3 is 0 Å². The highest BCUT2D eigenvalue weighted by molar-refractivity contribution is 5.98. The van der Waals surface area contributed by atoms with Crippen molar-refractivity contribution in [2.75, 3.05) is 23.7 Å². The Labute approximate surface area is 195 Å². The number of amides is 3. The van der Waals surface area contributed by atoms with Crippen molar-refractivity contribution in [2.24, 2.45) is 0 Å². The normalized spacial score (nSPS) is 13.7. The summed E-state index contributed by atoms with van der Waals surface area (Å²) >= 11 is 0. The predicted molar refractivity (Wildman–Crippen MR) is 132 cm³/mol. The highest BCUT2D eigenvalue weighted by atomic mass is 16.2. The zero-order valence-electron chi connectivity index (χ0n) is 19.3. The first-order valence-electron chi connectivity index (χ1n) is 11.9. The molecule has 0 spiro atoms. The number of nitrogens with one attached hydrogen (secondary N) is 4. The molecule has 0 heterocycles. The summed E-state index contributed by atoms with van der Waals surface area (Å²) in [5, 5.41) is 11.9. The van der Waals surface area contributed by atoms with Crippen LogP contribution < -0.4 is 21.3 Å². The lowest BCUT2D eigenvalue weighted by atomic mass is 9.95. The van der Waals surface area contributed by atoms with E-state index in [9.17, 15) is 14.4 Å². The smallest absolute Gasteiger partial charge is 0.251 e. The van der Waals surface area contributed by atoms with Crippen molar-refractivity contribution >= 4 is 29.1 Å². The standard InChI is InChI=1S/C26H34N4O3/c1-2-3-16-27-25(32)19-12-14-21(15-13-19)28-18-24(31)29-23-11-7-8-20(17-23)26(33)30-22-9-5-4-6-10-22/h7-8,11-15,17,22,28H,2-6,9-10,16,18H2,1H3,(H,27,32)(H,29,31)(H,30,33). The molecule has 7 heteroatoms. The fourth-order valence-electron chi connectivity index (χ4n) is 3.86. The van der Waals surface area contributed by atoms with Gasteiger partial charge in [-0.15, -0.1) is 0 Å². The first-order valence-corrected chi connectivity index (χ1v) is 11.9. The highest BCUT2D eigenvalue weighted by Crippen LogP contribution is 2.18. The van der Waals surface area contributed by atoms with Crippen molar-refractivity contribution in [3.05, 3.63) is 59.7 Å². The molecule has 0 bridgehead atoms. The molecule has 3 rings (SSSR count). The van der Waals surface area contributed by atoms with E-state index in [0.717, 1.165) is 44.2 Å². The molecule has 0 saturated heterocycles. The van der Waals surface area contributed by atoms with Gasteiger partial charge in [-0.25, -0.2) is 0 Å². The lowest BCUT2D eigenvalue weighted by Crippen LogP contribution is -2.36. The summed E-state index contributed by atoms with van der Waals surface area (Å²) in [6.45, 7) is 2.81. The van der Waals surface area contributed by atoms with E-state index in [-0.39, 0.29) is 30.3 Å². The number of rotatable bonds is 10. The van der Waals surface area contributed by atoms with Crippen LogP contribution in [0.5, 0.6) is 0 Å². The van der Waals surface area contributed by atoms with Gasteiger partial charge in [0.15, 0.2) is 0 Å². The molecule has 0 atom stereocenters. The Morgan fingerprint density at radius 3 is 2.36 bits per heavy atom. The molecular formula is C26H34N4O3. The molecule has 7 nitrogen and oxygen atoms in total. The average Bonchev–Trinajstić information content (AvgIpc) is 2.84. The van der Waals surface area contributed by atoms with Gasteiger partial charge in [0.2, 0.25) is 5.91 Å². The number of hydrogen-bond donors (Lipinski definition) is 4. The monoisotopic (exact) mass is 450 g/mol. The maximum absolute atomic E-state index is 12.5. The van der Waals surface area contributed by atoms with Crippen LogP contribution in [0, 0.1) is 0 Å². The van der Waals surface area contributed by atoms with Crippen molar-refractivity contribution in [3.63, 3.8) is 0 Å². The van der Waals surface area contributed by atoms with Gasteiger partial charge in [0, 0.05) is 35.1 Å². The molecule has 1 saturated carbocycles. The second-order valence-electron chi connectivity index (χ2n) is 8.48. The van der Waals surface area contributed by atoms with Gasteiger partial charge in [-0.1, -0.05) is 38.7 Å². The van der Waals surface area contributed by atoms with Crippen molar-refractivity contribution in [1.29, 1.82) is 0 Å². The number of carbonyl (C=O) groups is 3. The van der Waals surface area contributed by atoms with Gasteiger partial charge < -0.3 is 21.3 Å². The fourth-order valence-corrected chi connectivity index (χ4v) is 3.86. The maximum Gasteiger partial charge on any atom is 0.251 e. The Kier molecular flexibility index (Phi) is 9.30. The Morgan fingerprint density at radius 2 is 1.64 bits per heavy atom. The largest absolute Gasteiger partial charge is 0.376 e. The van der Waals surface area contributed by atoms with Crippen LogP contribution >= 0.6 is 0 Å². The third-order valence-electron chi connectivity index (χ3n) is 5.76. The molecule has 3 amide bonds. The topological polar surface area (TPSA) is 99.3 Å². The molecule has 0 unspecified atom stereocenters. The van der Waals surface area contributed by atoms with Crippen LogP contribution in [0.15, 0.2) is 48.5 Å². The summed E-state index contributed by atoms with van der Waals surface area (Å²) in [7, 11) is 0.